The Morgan fingerprint density at radius 2 is 1.48 bits per heavy atom. The predicted octanol–water partition coefficient (Wildman–Crippen LogP) is 6.11. The fourth-order valence-corrected chi connectivity index (χ4v) is 3.33. The third kappa shape index (κ3) is 14.6. The predicted molar refractivity (Wildman–Crippen MR) is 117 cm³/mol. The molecule has 1 rings (SSSR count). The van der Waals surface area contributed by atoms with Crippen molar-refractivity contribution >= 4 is 12.1 Å². The zero-order chi connectivity index (χ0) is 21.5. The minimum absolute atomic E-state index is 0.0725. The summed E-state index contributed by atoms with van der Waals surface area (Å²) in [6, 6.07) is 10.3. The number of carboxylic acids is 1. The van der Waals surface area contributed by atoms with Gasteiger partial charge in [0, 0.05) is 12.5 Å². The lowest BCUT2D eigenvalue weighted by Gasteiger charge is -2.24. The van der Waals surface area contributed by atoms with Gasteiger partial charge in [0.05, 0.1) is 0 Å². The van der Waals surface area contributed by atoms with Gasteiger partial charge in [0.2, 0.25) is 0 Å². The van der Waals surface area contributed by atoms with Crippen molar-refractivity contribution in [3.63, 3.8) is 0 Å². The van der Waals surface area contributed by atoms with Crippen molar-refractivity contribution in [2.75, 3.05) is 0 Å². The summed E-state index contributed by atoms with van der Waals surface area (Å²) in [5.74, 6) is -0.699. The van der Waals surface area contributed by atoms with E-state index in [0.717, 1.165) is 44.9 Å². The first-order valence-corrected chi connectivity index (χ1v) is 11.0. The van der Waals surface area contributed by atoms with Crippen LogP contribution in [0.25, 0.3) is 0 Å². The van der Waals surface area contributed by atoms with Crippen molar-refractivity contribution in [2.24, 2.45) is 0 Å². The Morgan fingerprint density at radius 1 is 0.931 bits per heavy atom. The number of carbonyl (C=O) groups excluding carboxylic acids is 1. The van der Waals surface area contributed by atoms with Gasteiger partial charge in [-0.25, -0.2) is 4.79 Å². The number of rotatable bonds is 14. The number of hydrogen-bond donors (Lipinski definition) is 2. The van der Waals surface area contributed by atoms with Gasteiger partial charge in [-0.3, -0.25) is 4.79 Å². The van der Waals surface area contributed by atoms with Crippen LogP contribution in [0.15, 0.2) is 30.3 Å². The summed E-state index contributed by atoms with van der Waals surface area (Å²) >= 11 is 0. The van der Waals surface area contributed by atoms with Crippen LogP contribution in [0.4, 0.5) is 4.79 Å². The van der Waals surface area contributed by atoms with Gasteiger partial charge in [-0.2, -0.15) is 0 Å². The highest BCUT2D eigenvalue weighted by Crippen LogP contribution is 2.15. The van der Waals surface area contributed by atoms with Gasteiger partial charge in [-0.05, 0) is 45.6 Å². The van der Waals surface area contributed by atoms with Crippen LogP contribution in [-0.2, 0) is 16.0 Å². The van der Waals surface area contributed by atoms with Gasteiger partial charge >= 0.3 is 12.1 Å². The molecule has 1 aromatic rings. The Kier molecular flexibility index (Phi) is 12.1. The van der Waals surface area contributed by atoms with Crippen LogP contribution in [-0.4, -0.2) is 28.8 Å². The molecule has 0 bridgehead atoms. The molecule has 164 valence electrons. The molecule has 0 saturated heterocycles. The van der Waals surface area contributed by atoms with Crippen molar-refractivity contribution in [2.45, 2.75) is 103 Å². The highest BCUT2D eigenvalue weighted by Gasteiger charge is 2.19. The summed E-state index contributed by atoms with van der Waals surface area (Å²) in [7, 11) is 0. The first-order chi connectivity index (χ1) is 13.8. The molecule has 5 nitrogen and oxygen atoms in total. The van der Waals surface area contributed by atoms with E-state index in [1.807, 2.05) is 39.0 Å². The van der Waals surface area contributed by atoms with E-state index in [-0.39, 0.29) is 18.6 Å². The van der Waals surface area contributed by atoms with Crippen LogP contribution in [0, 0.1) is 0 Å². The van der Waals surface area contributed by atoms with E-state index in [1.165, 1.54) is 24.8 Å². The number of alkyl carbamates (subject to hydrolysis) is 1. The third-order valence-corrected chi connectivity index (χ3v) is 4.74. The number of hydrogen-bond acceptors (Lipinski definition) is 3. The molecule has 1 aromatic carbocycles. The average Bonchev–Trinajstić information content (AvgIpc) is 2.62. The quantitative estimate of drug-likeness (QED) is 0.366. The molecule has 2 N–H and O–H groups in total. The second kappa shape index (κ2) is 14.0. The summed E-state index contributed by atoms with van der Waals surface area (Å²) in [5.41, 5.74) is 0.723. The lowest BCUT2D eigenvalue weighted by atomic mass is 9.99. The number of benzene rings is 1. The zero-order valence-corrected chi connectivity index (χ0v) is 18.4. The maximum absolute atomic E-state index is 12.2. The molecule has 0 aliphatic heterocycles. The Bertz CT molecular complexity index is 580. The zero-order valence-electron chi connectivity index (χ0n) is 18.4. The number of nitrogens with one attached hydrogen (secondary N) is 1. The van der Waals surface area contributed by atoms with Gasteiger partial charge in [-0.1, -0.05) is 75.3 Å². The number of amides is 1. The molecular weight excluding hydrogens is 366 g/mol. The summed E-state index contributed by atoms with van der Waals surface area (Å²) in [5, 5.41) is 11.7. The minimum Gasteiger partial charge on any atom is -0.481 e. The maximum Gasteiger partial charge on any atom is 0.407 e. The normalized spacial score (nSPS) is 12.4. The van der Waals surface area contributed by atoms with E-state index in [9.17, 15) is 9.59 Å². The first kappa shape index (κ1) is 25.0. The minimum atomic E-state index is -0.699. The highest BCUT2D eigenvalue weighted by atomic mass is 16.6. The van der Waals surface area contributed by atoms with Crippen LogP contribution in [0.2, 0.25) is 0 Å². The number of aliphatic carboxylic acids is 1. The molecule has 0 aliphatic rings. The topological polar surface area (TPSA) is 75.6 Å². The molecule has 5 heteroatoms. The van der Waals surface area contributed by atoms with Gasteiger partial charge in [0.15, 0.2) is 0 Å². The van der Waals surface area contributed by atoms with Crippen molar-refractivity contribution in [1.82, 2.24) is 5.32 Å². The number of unbranched alkanes of at least 4 members (excludes halogenated alkanes) is 7. The smallest absolute Gasteiger partial charge is 0.407 e. The fraction of sp³-hybridized carbons (Fsp3) is 0.667. The molecule has 1 amide bonds. The fourth-order valence-electron chi connectivity index (χ4n) is 3.33. The molecule has 0 aromatic heterocycles. The largest absolute Gasteiger partial charge is 0.481 e. The summed E-state index contributed by atoms with van der Waals surface area (Å²) < 4.78 is 5.43. The number of carboxylic acid groups (broad SMARTS) is 1. The summed E-state index contributed by atoms with van der Waals surface area (Å²) in [6.07, 6.45) is 10.4. The Balaban J connectivity index is 2.28. The number of ether oxygens (including phenoxy) is 1. The van der Waals surface area contributed by atoms with Crippen molar-refractivity contribution in [1.29, 1.82) is 0 Å². The molecule has 1 atom stereocenters. The van der Waals surface area contributed by atoms with Gasteiger partial charge in [0.1, 0.15) is 5.60 Å². The van der Waals surface area contributed by atoms with E-state index < -0.39 is 11.6 Å². The van der Waals surface area contributed by atoms with Crippen molar-refractivity contribution in [3.05, 3.63) is 35.9 Å². The van der Waals surface area contributed by atoms with Crippen molar-refractivity contribution < 1.29 is 19.4 Å². The SMILES string of the molecule is CC(C)(C)OC(=O)NC(CCCCCCCCCCC(=O)O)Cc1ccccc1. The average molecular weight is 406 g/mol. The molecule has 0 aliphatic carbocycles. The molecule has 0 fully saturated rings. The van der Waals surface area contributed by atoms with Gasteiger partial charge in [-0.15, -0.1) is 0 Å². The van der Waals surface area contributed by atoms with Gasteiger partial charge in [0.25, 0.3) is 0 Å². The Morgan fingerprint density at radius 3 is 2.03 bits per heavy atom. The van der Waals surface area contributed by atoms with E-state index in [4.69, 9.17) is 9.84 Å². The Hall–Kier alpha value is -2.04. The first-order valence-electron chi connectivity index (χ1n) is 11.0. The third-order valence-electron chi connectivity index (χ3n) is 4.74. The lowest BCUT2D eigenvalue weighted by Crippen LogP contribution is -2.40. The molecule has 0 heterocycles. The molecule has 29 heavy (non-hydrogen) atoms. The van der Waals surface area contributed by atoms with Crippen LogP contribution in [0.5, 0.6) is 0 Å². The molecule has 0 spiro atoms. The van der Waals surface area contributed by atoms with E-state index in [1.54, 1.807) is 0 Å². The second-order valence-electron chi connectivity index (χ2n) is 8.79. The van der Waals surface area contributed by atoms with Crippen LogP contribution < -0.4 is 5.32 Å². The van der Waals surface area contributed by atoms with Crippen LogP contribution >= 0.6 is 0 Å². The monoisotopic (exact) mass is 405 g/mol. The second-order valence-corrected chi connectivity index (χ2v) is 8.79. The van der Waals surface area contributed by atoms with Crippen molar-refractivity contribution in [3.8, 4) is 0 Å². The Labute approximate surface area is 176 Å². The summed E-state index contributed by atoms with van der Waals surface area (Å²) in [4.78, 5) is 22.7. The maximum atomic E-state index is 12.2. The molecule has 1 unspecified atom stereocenters. The van der Waals surface area contributed by atoms with Crippen LogP contribution in [0.3, 0.4) is 0 Å². The molecule has 0 saturated carbocycles. The molecular formula is C24H39NO4. The van der Waals surface area contributed by atoms with Crippen LogP contribution in [0.1, 0.15) is 90.5 Å². The van der Waals surface area contributed by atoms with Gasteiger partial charge < -0.3 is 15.2 Å². The van der Waals surface area contributed by atoms with E-state index >= 15 is 0 Å². The number of carbonyl (C=O) groups is 2. The molecule has 0 radical (unpaired) electrons. The highest BCUT2D eigenvalue weighted by molar-refractivity contribution is 5.68. The summed E-state index contributed by atoms with van der Waals surface area (Å²) in [6.45, 7) is 5.63. The van der Waals surface area contributed by atoms with E-state index in [2.05, 4.69) is 17.4 Å². The lowest BCUT2D eigenvalue weighted by molar-refractivity contribution is -0.137. The van der Waals surface area contributed by atoms with E-state index in [0.29, 0.717) is 0 Å². The standard InChI is InChI=1S/C24H39NO4/c1-24(2,3)29-23(28)25-21(19-20-15-11-10-12-16-20)17-13-8-6-4-5-7-9-14-18-22(26)27/h10-12,15-16,21H,4-9,13-14,17-19H2,1-3H3,(H,25,28)(H,26,27).